The topological polar surface area (TPSA) is 69.0 Å². The molecule has 30 heavy (non-hydrogen) atoms. The number of nitrogens with one attached hydrogen (secondary N) is 1. The second kappa shape index (κ2) is 9.05. The fourth-order valence-corrected chi connectivity index (χ4v) is 3.11. The smallest absolute Gasteiger partial charge is 0.265 e. The van der Waals surface area contributed by atoms with Gasteiger partial charge in [-0.25, -0.2) is 9.67 Å². The number of amides is 1. The van der Waals surface area contributed by atoms with Crippen molar-refractivity contribution in [1.82, 2.24) is 14.8 Å². The summed E-state index contributed by atoms with van der Waals surface area (Å²) >= 11 is 0. The van der Waals surface area contributed by atoms with Crippen LogP contribution in [0, 0.1) is 0 Å². The number of hydrogen-bond acceptors (Lipinski definition) is 4. The second-order valence-corrected chi connectivity index (χ2v) is 6.93. The van der Waals surface area contributed by atoms with Crippen LogP contribution in [-0.4, -0.2) is 26.8 Å². The molecule has 1 amide bonds. The number of carbonyl (C=O) groups is 1. The highest BCUT2D eigenvalue weighted by Crippen LogP contribution is 2.23. The average molecular weight is 398 g/mol. The Hall–Kier alpha value is -3.93. The van der Waals surface area contributed by atoms with E-state index in [1.807, 2.05) is 66.7 Å². The van der Waals surface area contributed by atoms with E-state index < -0.39 is 6.10 Å². The van der Waals surface area contributed by atoms with Gasteiger partial charge < -0.3 is 10.1 Å². The van der Waals surface area contributed by atoms with Crippen LogP contribution in [0.5, 0.6) is 5.75 Å². The monoisotopic (exact) mass is 398 g/mol. The van der Waals surface area contributed by atoms with Gasteiger partial charge in [-0.15, -0.1) is 0 Å². The maximum atomic E-state index is 12.6. The van der Waals surface area contributed by atoms with Crippen molar-refractivity contribution in [3.8, 4) is 16.9 Å². The third kappa shape index (κ3) is 4.91. The Morgan fingerprint density at radius 3 is 2.50 bits per heavy atom. The van der Waals surface area contributed by atoms with E-state index in [-0.39, 0.29) is 5.91 Å². The Bertz CT molecular complexity index is 1090. The summed E-state index contributed by atoms with van der Waals surface area (Å²) in [5.41, 5.74) is 3.97. The molecule has 4 rings (SSSR count). The van der Waals surface area contributed by atoms with E-state index in [9.17, 15) is 4.79 Å². The van der Waals surface area contributed by atoms with Crippen LogP contribution in [0.3, 0.4) is 0 Å². The molecule has 1 N–H and O–H groups in total. The Morgan fingerprint density at radius 1 is 1.00 bits per heavy atom. The summed E-state index contributed by atoms with van der Waals surface area (Å²) in [4.78, 5) is 16.5. The van der Waals surface area contributed by atoms with Crippen molar-refractivity contribution in [2.75, 3.05) is 5.32 Å². The number of hydrogen-bond donors (Lipinski definition) is 1. The van der Waals surface area contributed by atoms with Gasteiger partial charge in [-0.2, -0.15) is 5.10 Å². The molecule has 6 heteroatoms. The third-order valence-electron chi connectivity index (χ3n) is 4.65. The highest BCUT2D eigenvalue weighted by atomic mass is 16.5. The predicted octanol–water partition coefficient (Wildman–Crippen LogP) is 4.40. The molecule has 0 saturated heterocycles. The number of carbonyl (C=O) groups excluding carboxylic acids is 1. The number of rotatable bonds is 7. The van der Waals surface area contributed by atoms with Crippen LogP contribution < -0.4 is 10.1 Å². The zero-order chi connectivity index (χ0) is 20.8. The average Bonchev–Trinajstić information content (AvgIpc) is 3.28. The molecule has 6 nitrogen and oxygen atoms in total. The van der Waals surface area contributed by atoms with Crippen LogP contribution in [0.1, 0.15) is 12.5 Å². The second-order valence-electron chi connectivity index (χ2n) is 6.93. The maximum Gasteiger partial charge on any atom is 0.265 e. The normalized spacial score (nSPS) is 11.6. The summed E-state index contributed by atoms with van der Waals surface area (Å²) < 4.78 is 7.55. The molecule has 1 aromatic heterocycles. The first kappa shape index (κ1) is 19.4. The number of benzene rings is 3. The molecular formula is C24H22N4O2. The van der Waals surface area contributed by atoms with Gasteiger partial charge in [-0.1, -0.05) is 54.6 Å². The zero-order valence-corrected chi connectivity index (χ0v) is 16.6. The molecule has 4 aromatic rings. The predicted molar refractivity (Wildman–Crippen MR) is 116 cm³/mol. The highest BCUT2D eigenvalue weighted by molar-refractivity contribution is 5.94. The molecule has 0 saturated carbocycles. The van der Waals surface area contributed by atoms with Crippen molar-refractivity contribution >= 4 is 11.6 Å². The van der Waals surface area contributed by atoms with Gasteiger partial charge in [0.05, 0.1) is 6.54 Å². The number of aromatic nitrogens is 3. The van der Waals surface area contributed by atoms with E-state index in [0.717, 1.165) is 16.7 Å². The van der Waals surface area contributed by atoms with Crippen LogP contribution in [-0.2, 0) is 11.3 Å². The van der Waals surface area contributed by atoms with Crippen molar-refractivity contribution in [2.24, 2.45) is 0 Å². The van der Waals surface area contributed by atoms with Crippen LogP contribution in [0.15, 0.2) is 91.5 Å². The van der Waals surface area contributed by atoms with Crippen LogP contribution in [0.2, 0.25) is 0 Å². The minimum Gasteiger partial charge on any atom is -0.481 e. The van der Waals surface area contributed by atoms with Crippen molar-refractivity contribution in [1.29, 1.82) is 0 Å². The van der Waals surface area contributed by atoms with E-state index in [2.05, 4.69) is 27.5 Å². The van der Waals surface area contributed by atoms with Crippen LogP contribution >= 0.6 is 0 Å². The molecule has 150 valence electrons. The van der Waals surface area contributed by atoms with Gasteiger partial charge in [0, 0.05) is 5.69 Å². The molecule has 0 spiro atoms. The van der Waals surface area contributed by atoms with E-state index in [4.69, 9.17) is 4.74 Å². The maximum absolute atomic E-state index is 12.6. The summed E-state index contributed by atoms with van der Waals surface area (Å²) in [6, 6.07) is 25.5. The van der Waals surface area contributed by atoms with Crippen LogP contribution in [0.25, 0.3) is 11.1 Å². The summed E-state index contributed by atoms with van der Waals surface area (Å²) in [5, 5.41) is 7.01. The first-order valence-electron chi connectivity index (χ1n) is 9.72. The highest BCUT2D eigenvalue weighted by Gasteiger charge is 2.15. The minimum absolute atomic E-state index is 0.208. The van der Waals surface area contributed by atoms with Crippen LogP contribution in [0.4, 0.5) is 5.69 Å². The quantitative estimate of drug-likeness (QED) is 0.501. The molecule has 0 unspecified atom stereocenters. The minimum atomic E-state index is -0.633. The fraction of sp³-hybridized carbons (Fsp3) is 0.125. The molecule has 0 aliphatic heterocycles. The Labute approximate surface area is 175 Å². The number of anilines is 1. The van der Waals surface area contributed by atoms with E-state index in [1.54, 1.807) is 17.9 Å². The molecule has 0 fully saturated rings. The standard InChI is InChI=1S/C24H22N4O2/c1-18(30-23-12-10-21(11-13-23)20-7-3-2-4-8-20)24(29)27-22-9-5-6-19(14-22)15-28-17-25-16-26-28/h2-14,16-18H,15H2,1H3,(H,27,29)/t18-/m1/s1. The van der Waals surface area contributed by atoms with Gasteiger partial charge in [-0.05, 0) is 47.9 Å². The first-order valence-corrected chi connectivity index (χ1v) is 9.72. The summed E-state index contributed by atoms with van der Waals surface area (Å²) in [5.74, 6) is 0.442. The van der Waals surface area contributed by atoms with E-state index in [0.29, 0.717) is 18.0 Å². The Kier molecular flexibility index (Phi) is 5.85. The van der Waals surface area contributed by atoms with Gasteiger partial charge in [-0.3, -0.25) is 4.79 Å². The SMILES string of the molecule is C[C@@H](Oc1ccc(-c2ccccc2)cc1)C(=O)Nc1cccc(Cn2cncn2)c1. The van der Waals surface area contributed by atoms with Gasteiger partial charge in [0.1, 0.15) is 18.4 Å². The zero-order valence-electron chi connectivity index (χ0n) is 16.6. The van der Waals surface area contributed by atoms with Crippen molar-refractivity contribution < 1.29 is 9.53 Å². The lowest BCUT2D eigenvalue weighted by atomic mass is 10.1. The van der Waals surface area contributed by atoms with Gasteiger partial charge >= 0.3 is 0 Å². The lowest BCUT2D eigenvalue weighted by Gasteiger charge is -2.15. The summed E-state index contributed by atoms with van der Waals surface area (Å²) in [6.07, 6.45) is 2.52. The van der Waals surface area contributed by atoms with E-state index in [1.165, 1.54) is 6.33 Å². The third-order valence-corrected chi connectivity index (χ3v) is 4.65. The molecule has 0 aliphatic rings. The summed E-state index contributed by atoms with van der Waals surface area (Å²) in [7, 11) is 0. The summed E-state index contributed by atoms with van der Waals surface area (Å²) in [6.45, 7) is 2.32. The van der Waals surface area contributed by atoms with Gasteiger partial charge in [0.25, 0.3) is 5.91 Å². The molecule has 1 atom stereocenters. The fourth-order valence-electron chi connectivity index (χ4n) is 3.11. The molecule has 0 radical (unpaired) electrons. The molecule has 0 aliphatic carbocycles. The largest absolute Gasteiger partial charge is 0.481 e. The van der Waals surface area contributed by atoms with E-state index >= 15 is 0 Å². The number of ether oxygens (including phenoxy) is 1. The van der Waals surface area contributed by atoms with Gasteiger partial charge in [0.15, 0.2) is 6.10 Å². The number of nitrogens with zero attached hydrogens (tertiary/aromatic N) is 3. The Balaban J connectivity index is 1.36. The van der Waals surface area contributed by atoms with Crippen molar-refractivity contribution in [2.45, 2.75) is 19.6 Å². The molecule has 0 bridgehead atoms. The molecule has 3 aromatic carbocycles. The van der Waals surface area contributed by atoms with Crippen molar-refractivity contribution in [3.05, 3.63) is 97.1 Å². The van der Waals surface area contributed by atoms with Crippen molar-refractivity contribution in [3.63, 3.8) is 0 Å². The van der Waals surface area contributed by atoms with Gasteiger partial charge in [0.2, 0.25) is 0 Å². The molecule has 1 heterocycles. The lowest BCUT2D eigenvalue weighted by Crippen LogP contribution is -2.30. The lowest BCUT2D eigenvalue weighted by molar-refractivity contribution is -0.122. The molecular weight excluding hydrogens is 376 g/mol. The Morgan fingerprint density at radius 2 is 1.77 bits per heavy atom. The first-order chi connectivity index (χ1) is 14.7.